The first kappa shape index (κ1) is 12.9. The molecule has 0 aliphatic heterocycles. The van der Waals surface area contributed by atoms with E-state index in [9.17, 15) is 9.18 Å². The second-order valence-electron chi connectivity index (χ2n) is 5.23. The maximum atomic E-state index is 13.0. The van der Waals surface area contributed by atoms with Gasteiger partial charge in [-0.05, 0) is 50.8 Å². The number of anilines is 1. The van der Waals surface area contributed by atoms with Crippen LogP contribution in [0.1, 0.15) is 37.0 Å². The Hall–Kier alpha value is -1.58. The van der Waals surface area contributed by atoms with Gasteiger partial charge in [-0.1, -0.05) is 0 Å². The summed E-state index contributed by atoms with van der Waals surface area (Å²) in [5.74, 6) is 0.106. The summed E-state index contributed by atoms with van der Waals surface area (Å²) >= 11 is 0. The highest BCUT2D eigenvalue weighted by molar-refractivity contribution is 5.99. The van der Waals surface area contributed by atoms with E-state index in [0.29, 0.717) is 11.5 Å². The molecule has 18 heavy (non-hydrogen) atoms. The van der Waals surface area contributed by atoms with Crippen molar-refractivity contribution in [2.75, 3.05) is 12.3 Å². The molecule has 2 N–H and O–H groups in total. The van der Waals surface area contributed by atoms with E-state index >= 15 is 0 Å². The van der Waals surface area contributed by atoms with Gasteiger partial charge < -0.3 is 10.6 Å². The number of benzene rings is 1. The first-order chi connectivity index (χ1) is 8.49. The van der Waals surface area contributed by atoms with Crippen LogP contribution in [0.25, 0.3) is 0 Å². The average Bonchev–Trinajstić information content (AvgIpc) is 3.08. The van der Waals surface area contributed by atoms with E-state index < -0.39 is 5.82 Å². The molecule has 0 aromatic heterocycles. The summed E-state index contributed by atoms with van der Waals surface area (Å²) in [6.07, 6.45) is 2.38. The molecule has 1 amide bonds. The third-order valence-electron chi connectivity index (χ3n) is 3.28. The number of nitrogens with zero attached hydrogens (tertiary/aromatic N) is 1. The van der Waals surface area contributed by atoms with Crippen LogP contribution in [0.3, 0.4) is 0 Å². The van der Waals surface area contributed by atoms with E-state index in [2.05, 4.69) is 0 Å². The topological polar surface area (TPSA) is 46.3 Å². The second-order valence-corrected chi connectivity index (χ2v) is 5.23. The maximum Gasteiger partial charge on any atom is 0.256 e. The predicted octanol–water partition coefficient (Wildman–Crippen LogP) is 2.67. The second kappa shape index (κ2) is 4.96. The molecule has 0 unspecified atom stereocenters. The van der Waals surface area contributed by atoms with Gasteiger partial charge in [-0.25, -0.2) is 4.39 Å². The normalized spacial score (nSPS) is 14.9. The minimum atomic E-state index is -0.415. The van der Waals surface area contributed by atoms with Gasteiger partial charge in [0.15, 0.2) is 0 Å². The molecule has 0 spiro atoms. The first-order valence-electron chi connectivity index (χ1n) is 6.35. The molecular weight excluding hydrogens is 231 g/mol. The zero-order chi connectivity index (χ0) is 13.3. The van der Waals surface area contributed by atoms with Crippen LogP contribution in [-0.2, 0) is 0 Å². The molecule has 0 heterocycles. The lowest BCUT2D eigenvalue weighted by molar-refractivity contribution is 0.0697. The number of nitrogens with two attached hydrogens (primary N) is 1. The van der Waals surface area contributed by atoms with E-state index in [1.54, 1.807) is 0 Å². The zero-order valence-corrected chi connectivity index (χ0v) is 10.8. The van der Waals surface area contributed by atoms with Crippen LogP contribution in [0.5, 0.6) is 0 Å². The molecular formula is C14H19FN2O. The smallest absolute Gasteiger partial charge is 0.256 e. The van der Waals surface area contributed by atoms with Crippen LogP contribution in [0.15, 0.2) is 18.2 Å². The molecule has 0 atom stereocenters. The van der Waals surface area contributed by atoms with Gasteiger partial charge in [-0.2, -0.15) is 0 Å². The van der Waals surface area contributed by atoms with Crippen molar-refractivity contribution in [3.63, 3.8) is 0 Å². The summed E-state index contributed by atoms with van der Waals surface area (Å²) in [5, 5.41) is 0. The molecule has 2 rings (SSSR count). The summed E-state index contributed by atoms with van der Waals surface area (Å²) in [4.78, 5) is 14.2. The van der Waals surface area contributed by atoms with Crippen LogP contribution in [0.4, 0.5) is 10.1 Å². The van der Waals surface area contributed by atoms with Gasteiger partial charge in [0.1, 0.15) is 5.82 Å². The maximum absolute atomic E-state index is 13.0. The van der Waals surface area contributed by atoms with Crippen LogP contribution in [0.2, 0.25) is 0 Å². The van der Waals surface area contributed by atoms with Gasteiger partial charge in [0.2, 0.25) is 0 Å². The van der Waals surface area contributed by atoms with Crippen molar-refractivity contribution < 1.29 is 9.18 Å². The van der Waals surface area contributed by atoms with E-state index in [0.717, 1.165) is 6.54 Å². The molecule has 1 aromatic rings. The van der Waals surface area contributed by atoms with Crippen LogP contribution >= 0.6 is 0 Å². The van der Waals surface area contributed by atoms with Gasteiger partial charge in [0.25, 0.3) is 5.91 Å². The quantitative estimate of drug-likeness (QED) is 0.835. The number of amides is 1. The monoisotopic (exact) mass is 250 g/mol. The predicted molar refractivity (Wildman–Crippen MR) is 69.7 cm³/mol. The lowest BCUT2D eigenvalue weighted by Gasteiger charge is -2.27. The minimum Gasteiger partial charge on any atom is -0.398 e. The molecule has 3 nitrogen and oxygen atoms in total. The Labute approximate surface area is 107 Å². The molecule has 0 radical (unpaired) electrons. The van der Waals surface area contributed by atoms with E-state index in [-0.39, 0.29) is 17.6 Å². The van der Waals surface area contributed by atoms with Crippen molar-refractivity contribution >= 4 is 11.6 Å². The minimum absolute atomic E-state index is 0.102. The standard InChI is InChI=1S/C14H19FN2O/c1-9(2)17(8-10-3-4-10)14(18)12-6-5-11(15)7-13(12)16/h5-7,9-10H,3-4,8,16H2,1-2H3. The largest absolute Gasteiger partial charge is 0.398 e. The molecule has 0 saturated heterocycles. The lowest BCUT2D eigenvalue weighted by atomic mass is 10.1. The van der Waals surface area contributed by atoms with Crippen LogP contribution < -0.4 is 5.73 Å². The number of nitrogen functional groups attached to an aromatic ring is 1. The highest BCUT2D eigenvalue weighted by Crippen LogP contribution is 2.31. The lowest BCUT2D eigenvalue weighted by Crippen LogP contribution is -2.38. The van der Waals surface area contributed by atoms with Crippen molar-refractivity contribution in [3.8, 4) is 0 Å². The third kappa shape index (κ3) is 2.81. The summed E-state index contributed by atoms with van der Waals surface area (Å²) in [6.45, 7) is 4.74. The van der Waals surface area contributed by atoms with Crippen molar-refractivity contribution in [2.24, 2.45) is 5.92 Å². The number of halogens is 1. The van der Waals surface area contributed by atoms with E-state index in [1.807, 2.05) is 18.7 Å². The highest BCUT2D eigenvalue weighted by atomic mass is 19.1. The number of rotatable bonds is 4. The van der Waals surface area contributed by atoms with Gasteiger partial charge in [0.05, 0.1) is 5.56 Å². The molecule has 1 aromatic carbocycles. The summed E-state index contributed by atoms with van der Waals surface area (Å²) in [6, 6.07) is 4.07. The SMILES string of the molecule is CC(C)N(CC1CC1)C(=O)c1ccc(F)cc1N. The molecule has 1 fully saturated rings. The van der Waals surface area contributed by atoms with Crippen LogP contribution in [-0.4, -0.2) is 23.4 Å². The van der Waals surface area contributed by atoms with E-state index in [4.69, 9.17) is 5.73 Å². The Morgan fingerprint density at radius 3 is 2.67 bits per heavy atom. The Bertz CT molecular complexity index is 455. The van der Waals surface area contributed by atoms with Gasteiger partial charge in [-0.3, -0.25) is 4.79 Å². The number of carbonyl (C=O) groups excluding carboxylic acids is 1. The highest BCUT2D eigenvalue weighted by Gasteiger charge is 2.29. The molecule has 1 aliphatic carbocycles. The first-order valence-corrected chi connectivity index (χ1v) is 6.35. The fraction of sp³-hybridized carbons (Fsp3) is 0.500. The molecule has 4 heteroatoms. The summed E-state index contributed by atoms with van der Waals surface area (Å²) < 4.78 is 13.0. The zero-order valence-electron chi connectivity index (χ0n) is 10.8. The summed E-state index contributed by atoms with van der Waals surface area (Å²) in [7, 11) is 0. The molecule has 1 saturated carbocycles. The molecule has 0 bridgehead atoms. The fourth-order valence-electron chi connectivity index (χ4n) is 1.99. The fourth-order valence-corrected chi connectivity index (χ4v) is 1.99. The van der Waals surface area contributed by atoms with Gasteiger partial charge >= 0.3 is 0 Å². The average molecular weight is 250 g/mol. The summed E-state index contributed by atoms with van der Waals surface area (Å²) in [5.41, 5.74) is 6.32. The molecule has 98 valence electrons. The Balaban J connectivity index is 2.20. The Morgan fingerprint density at radius 2 is 2.17 bits per heavy atom. The molecule has 1 aliphatic rings. The van der Waals surface area contributed by atoms with Gasteiger partial charge in [-0.15, -0.1) is 0 Å². The van der Waals surface area contributed by atoms with Crippen molar-refractivity contribution in [1.82, 2.24) is 4.90 Å². The number of hydrogen-bond donors (Lipinski definition) is 1. The van der Waals surface area contributed by atoms with Crippen molar-refractivity contribution in [3.05, 3.63) is 29.6 Å². The number of hydrogen-bond acceptors (Lipinski definition) is 2. The van der Waals surface area contributed by atoms with Crippen molar-refractivity contribution in [1.29, 1.82) is 0 Å². The third-order valence-corrected chi connectivity index (χ3v) is 3.28. The Morgan fingerprint density at radius 1 is 1.50 bits per heavy atom. The number of carbonyl (C=O) groups is 1. The van der Waals surface area contributed by atoms with Gasteiger partial charge in [0, 0.05) is 18.3 Å². The van der Waals surface area contributed by atoms with Crippen molar-refractivity contribution in [2.45, 2.75) is 32.7 Å². The van der Waals surface area contributed by atoms with E-state index in [1.165, 1.54) is 31.0 Å². The van der Waals surface area contributed by atoms with Crippen LogP contribution in [0, 0.1) is 11.7 Å². The Kier molecular flexibility index (Phi) is 3.55.